The van der Waals surface area contributed by atoms with E-state index in [2.05, 4.69) is 28.2 Å². The first kappa shape index (κ1) is 25.8. The van der Waals surface area contributed by atoms with Crippen molar-refractivity contribution in [2.45, 2.75) is 19.8 Å². The Balaban J connectivity index is 1.93. The minimum atomic E-state index is -0.345. The van der Waals surface area contributed by atoms with Crippen LogP contribution in [-0.2, 0) is 23.7 Å². The van der Waals surface area contributed by atoms with Crippen LogP contribution in [0.25, 0.3) is 0 Å². The molecule has 0 amide bonds. The third kappa shape index (κ3) is 14.4. The topological polar surface area (TPSA) is 75.3 Å². The summed E-state index contributed by atoms with van der Waals surface area (Å²) in [6.07, 6.45) is 2.27. The van der Waals surface area contributed by atoms with E-state index < -0.39 is 0 Å². The largest absolute Gasteiger partial charge is 0.460 e. The molecule has 1 N–H and O–H groups in total. The maximum atomic E-state index is 12.0. The van der Waals surface area contributed by atoms with E-state index in [1.807, 2.05) is 12.1 Å². The van der Waals surface area contributed by atoms with Gasteiger partial charge in [0.25, 0.3) is 0 Å². The van der Waals surface area contributed by atoms with Crippen LogP contribution in [0.15, 0.2) is 24.3 Å². The molecule has 1 aromatic rings. The lowest BCUT2D eigenvalue weighted by Gasteiger charge is -2.09. The first-order chi connectivity index (χ1) is 14.3. The number of alkyl halides is 1. The second-order valence-electron chi connectivity index (χ2n) is 6.13. The van der Waals surface area contributed by atoms with Crippen LogP contribution in [0.1, 0.15) is 30.1 Å². The molecule has 0 heterocycles. The summed E-state index contributed by atoms with van der Waals surface area (Å²) in [6.45, 7) is 7.45. The number of hydrogen-bond acceptors (Lipinski definition) is 7. The molecule has 0 saturated heterocycles. The maximum absolute atomic E-state index is 12.0. The minimum absolute atomic E-state index is 0.215. The SMILES string of the molecule is CCCCNc1ccc(C(=O)OCCOCCOCCOCCOCCBr)cc1. The highest BCUT2D eigenvalue weighted by molar-refractivity contribution is 9.09. The van der Waals surface area contributed by atoms with E-state index in [1.165, 1.54) is 0 Å². The first-order valence-corrected chi connectivity index (χ1v) is 11.3. The molecule has 0 atom stereocenters. The zero-order valence-electron chi connectivity index (χ0n) is 17.3. The predicted octanol–water partition coefficient (Wildman–Crippen LogP) is 3.52. The molecule has 0 aromatic heterocycles. The molecule has 0 aliphatic carbocycles. The van der Waals surface area contributed by atoms with E-state index in [4.69, 9.17) is 23.7 Å². The second kappa shape index (κ2) is 18.8. The molecule has 0 spiro atoms. The quantitative estimate of drug-likeness (QED) is 0.186. The summed E-state index contributed by atoms with van der Waals surface area (Å²) in [7, 11) is 0. The van der Waals surface area contributed by atoms with Gasteiger partial charge < -0.3 is 29.0 Å². The third-order valence-corrected chi connectivity index (χ3v) is 4.10. The van der Waals surface area contributed by atoms with Crippen LogP contribution in [0.5, 0.6) is 0 Å². The molecule has 0 radical (unpaired) electrons. The minimum Gasteiger partial charge on any atom is -0.460 e. The number of anilines is 1. The van der Waals surface area contributed by atoms with Crippen molar-refractivity contribution in [2.24, 2.45) is 0 Å². The summed E-state index contributed by atoms with van der Waals surface area (Å²) in [6, 6.07) is 7.31. The molecular weight excluding hydrogens is 442 g/mol. The van der Waals surface area contributed by atoms with E-state index in [0.717, 1.165) is 30.4 Å². The van der Waals surface area contributed by atoms with Gasteiger partial charge in [-0.15, -0.1) is 0 Å². The Morgan fingerprint density at radius 3 is 1.86 bits per heavy atom. The van der Waals surface area contributed by atoms with Crippen molar-refractivity contribution in [3.63, 3.8) is 0 Å². The van der Waals surface area contributed by atoms with Gasteiger partial charge in [-0.25, -0.2) is 4.79 Å². The number of benzene rings is 1. The van der Waals surface area contributed by atoms with E-state index in [-0.39, 0.29) is 12.6 Å². The number of esters is 1. The van der Waals surface area contributed by atoms with Gasteiger partial charge in [-0.2, -0.15) is 0 Å². The zero-order valence-corrected chi connectivity index (χ0v) is 18.9. The summed E-state index contributed by atoms with van der Waals surface area (Å²) in [5.74, 6) is -0.345. The molecular formula is C21H34BrNO6. The lowest BCUT2D eigenvalue weighted by atomic mass is 10.2. The molecule has 0 aliphatic rings. The smallest absolute Gasteiger partial charge is 0.338 e. The molecule has 166 valence electrons. The Bertz CT molecular complexity index is 514. The van der Waals surface area contributed by atoms with Gasteiger partial charge in [0.05, 0.1) is 58.4 Å². The van der Waals surface area contributed by atoms with E-state index in [1.54, 1.807) is 12.1 Å². The first-order valence-electron chi connectivity index (χ1n) is 10.2. The molecule has 1 rings (SSSR count). The summed E-state index contributed by atoms with van der Waals surface area (Å²) in [5, 5.41) is 4.14. The van der Waals surface area contributed by atoms with Crippen molar-refractivity contribution in [2.75, 3.05) is 76.7 Å². The third-order valence-electron chi connectivity index (χ3n) is 3.78. The van der Waals surface area contributed by atoms with Crippen LogP contribution in [-0.4, -0.2) is 77.3 Å². The average molecular weight is 476 g/mol. The molecule has 0 saturated carbocycles. The number of halogens is 1. The molecule has 1 aromatic carbocycles. The van der Waals surface area contributed by atoms with E-state index in [9.17, 15) is 4.79 Å². The normalized spacial score (nSPS) is 10.8. The van der Waals surface area contributed by atoms with E-state index in [0.29, 0.717) is 58.4 Å². The lowest BCUT2D eigenvalue weighted by Crippen LogP contribution is -2.14. The Hall–Kier alpha value is -1.19. The predicted molar refractivity (Wildman–Crippen MR) is 117 cm³/mol. The van der Waals surface area contributed by atoms with Crippen LogP contribution in [0, 0.1) is 0 Å². The van der Waals surface area contributed by atoms with Gasteiger partial charge in [0.1, 0.15) is 6.61 Å². The Kier molecular flexibility index (Phi) is 16.8. The summed E-state index contributed by atoms with van der Waals surface area (Å²) in [4.78, 5) is 12.0. The van der Waals surface area contributed by atoms with Crippen LogP contribution in [0.4, 0.5) is 5.69 Å². The number of carbonyl (C=O) groups excluding carboxylic acids is 1. The highest BCUT2D eigenvalue weighted by atomic mass is 79.9. The summed E-state index contributed by atoms with van der Waals surface area (Å²) in [5.41, 5.74) is 1.54. The van der Waals surface area contributed by atoms with Crippen molar-refractivity contribution >= 4 is 27.6 Å². The fraction of sp³-hybridized carbons (Fsp3) is 0.667. The monoisotopic (exact) mass is 475 g/mol. The van der Waals surface area contributed by atoms with Crippen molar-refractivity contribution in [3.05, 3.63) is 29.8 Å². The van der Waals surface area contributed by atoms with Crippen molar-refractivity contribution in [1.29, 1.82) is 0 Å². The fourth-order valence-electron chi connectivity index (χ4n) is 2.23. The highest BCUT2D eigenvalue weighted by Crippen LogP contribution is 2.10. The zero-order chi connectivity index (χ0) is 21.0. The van der Waals surface area contributed by atoms with Gasteiger partial charge in [0, 0.05) is 17.6 Å². The Morgan fingerprint density at radius 1 is 0.828 bits per heavy atom. The molecule has 0 fully saturated rings. The van der Waals surface area contributed by atoms with Gasteiger partial charge >= 0.3 is 5.97 Å². The summed E-state index contributed by atoms with van der Waals surface area (Å²) >= 11 is 3.29. The lowest BCUT2D eigenvalue weighted by molar-refractivity contribution is -0.00787. The number of ether oxygens (including phenoxy) is 5. The van der Waals surface area contributed by atoms with Crippen molar-refractivity contribution in [1.82, 2.24) is 0 Å². The van der Waals surface area contributed by atoms with Crippen LogP contribution < -0.4 is 5.32 Å². The molecule has 0 bridgehead atoms. The number of carbonyl (C=O) groups is 1. The molecule has 8 heteroatoms. The fourth-order valence-corrected chi connectivity index (χ4v) is 2.46. The van der Waals surface area contributed by atoms with Gasteiger partial charge in [-0.3, -0.25) is 0 Å². The van der Waals surface area contributed by atoms with Crippen molar-refractivity contribution in [3.8, 4) is 0 Å². The number of unbranched alkanes of at least 4 members (excludes halogenated alkanes) is 1. The molecule has 29 heavy (non-hydrogen) atoms. The Labute approximate surface area is 182 Å². The van der Waals surface area contributed by atoms with Crippen LogP contribution in [0.2, 0.25) is 0 Å². The van der Waals surface area contributed by atoms with E-state index >= 15 is 0 Å². The number of hydrogen-bond donors (Lipinski definition) is 1. The second-order valence-corrected chi connectivity index (χ2v) is 6.93. The van der Waals surface area contributed by atoms with Crippen LogP contribution >= 0.6 is 15.9 Å². The highest BCUT2D eigenvalue weighted by Gasteiger charge is 2.06. The molecule has 0 aliphatic heterocycles. The standard InChI is InChI=1S/C21H34BrNO6/c1-2-3-9-23-20-6-4-19(5-7-20)21(24)29-18-17-28-16-15-27-14-13-26-12-11-25-10-8-22/h4-7,23H,2-3,8-18H2,1H3. The number of nitrogens with one attached hydrogen (secondary N) is 1. The molecule has 7 nitrogen and oxygen atoms in total. The van der Waals surface area contributed by atoms with Crippen LogP contribution in [0.3, 0.4) is 0 Å². The van der Waals surface area contributed by atoms with Gasteiger partial charge in [0.2, 0.25) is 0 Å². The summed E-state index contributed by atoms with van der Waals surface area (Å²) < 4.78 is 26.6. The maximum Gasteiger partial charge on any atom is 0.338 e. The Morgan fingerprint density at radius 2 is 1.34 bits per heavy atom. The molecule has 0 unspecified atom stereocenters. The average Bonchev–Trinajstić information content (AvgIpc) is 2.74. The van der Waals surface area contributed by atoms with Gasteiger partial charge in [-0.05, 0) is 30.7 Å². The van der Waals surface area contributed by atoms with Gasteiger partial charge in [0.15, 0.2) is 0 Å². The van der Waals surface area contributed by atoms with Crippen molar-refractivity contribution < 1.29 is 28.5 Å². The number of rotatable bonds is 19. The van der Waals surface area contributed by atoms with Gasteiger partial charge in [-0.1, -0.05) is 29.3 Å².